The Morgan fingerprint density at radius 3 is 2.31 bits per heavy atom. The van der Waals surface area contributed by atoms with Gasteiger partial charge in [0.05, 0.1) is 12.1 Å². The Bertz CT molecular complexity index is 706. The molecule has 3 aliphatic rings. The molecular formula is C21H28F3N4O. The quantitative estimate of drug-likeness (QED) is 0.764. The Kier molecular flexibility index (Phi) is 6.01. The van der Waals surface area contributed by atoms with Crippen LogP contribution in [-0.2, 0) is 11.0 Å². The molecule has 5 nitrogen and oxygen atoms in total. The number of nitrogens with zero attached hydrogens (tertiary/aromatic N) is 4. The smallest absolute Gasteiger partial charge is 0.369 e. The van der Waals surface area contributed by atoms with E-state index >= 15 is 0 Å². The number of piperazine rings is 2. The molecule has 0 aromatic heterocycles. The number of amides is 1. The van der Waals surface area contributed by atoms with E-state index in [0.717, 1.165) is 38.3 Å². The van der Waals surface area contributed by atoms with E-state index in [1.807, 2.05) is 9.80 Å². The molecule has 3 fully saturated rings. The molecule has 1 aromatic carbocycles. The average Bonchev–Trinajstić information content (AvgIpc) is 2.67. The fourth-order valence-corrected chi connectivity index (χ4v) is 4.36. The molecule has 1 aliphatic carbocycles. The molecule has 0 unspecified atom stereocenters. The number of carbonyl (C=O) groups excluding carboxylic acids is 1. The van der Waals surface area contributed by atoms with Gasteiger partial charge in [0.1, 0.15) is 0 Å². The second kappa shape index (κ2) is 8.52. The summed E-state index contributed by atoms with van der Waals surface area (Å²) in [5.74, 6) is 0.167. The van der Waals surface area contributed by atoms with E-state index in [2.05, 4.69) is 15.9 Å². The third-order valence-electron chi connectivity index (χ3n) is 6.44. The minimum absolute atomic E-state index is 0.167. The lowest BCUT2D eigenvalue weighted by Gasteiger charge is -2.43. The lowest BCUT2D eigenvalue weighted by atomic mass is 9.91. The topological polar surface area (TPSA) is 30.0 Å². The van der Waals surface area contributed by atoms with Crippen LogP contribution >= 0.6 is 0 Å². The third-order valence-corrected chi connectivity index (χ3v) is 6.44. The van der Waals surface area contributed by atoms with Crippen LogP contribution in [0.5, 0.6) is 0 Å². The summed E-state index contributed by atoms with van der Waals surface area (Å²) < 4.78 is 38.7. The van der Waals surface area contributed by atoms with Crippen LogP contribution in [-0.4, -0.2) is 85.6 Å². The summed E-state index contributed by atoms with van der Waals surface area (Å²) in [4.78, 5) is 21.2. The molecule has 0 spiro atoms. The van der Waals surface area contributed by atoms with Crippen molar-refractivity contribution in [3.63, 3.8) is 0 Å². The van der Waals surface area contributed by atoms with Gasteiger partial charge in [-0.15, -0.1) is 0 Å². The zero-order valence-corrected chi connectivity index (χ0v) is 16.6. The molecule has 2 heterocycles. The van der Waals surface area contributed by atoms with Gasteiger partial charge in [0.15, 0.2) is 0 Å². The summed E-state index contributed by atoms with van der Waals surface area (Å²) in [5.41, 5.74) is -0.178. The number of anilines is 1. The van der Waals surface area contributed by atoms with E-state index in [4.69, 9.17) is 0 Å². The molecular weight excluding hydrogens is 381 g/mol. The van der Waals surface area contributed by atoms with Crippen molar-refractivity contribution in [3.8, 4) is 0 Å². The maximum Gasteiger partial charge on any atom is 0.417 e. The number of hydrogen-bond donors (Lipinski definition) is 0. The zero-order valence-electron chi connectivity index (χ0n) is 16.6. The maximum atomic E-state index is 12.9. The van der Waals surface area contributed by atoms with Crippen molar-refractivity contribution < 1.29 is 18.0 Å². The van der Waals surface area contributed by atoms with Gasteiger partial charge in [-0.3, -0.25) is 14.6 Å². The maximum absolute atomic E-state index is 12.9. The number of rotatable bonds is 4. The summed E-state index contributed by atoms with van der Waals surface area (Å²) in [6, 6.07) is 7.14. The van der Waals surface area contributed by atoms with E-state index in [1.54, 1.807) is 6.07 Å². The van der Waals surface area contributed by atoms with E-state index in [1.165, 1.54) is 25.3 Å². The lowest BCUT2D eigenvalue weighted by Crippen LogP contribution is -2.56. The van der Waals surface area contributed by atoms with Gasteiger partial charge in [0.25, 0.3) is 0 Å². The molecule has 8 heteroatoms. The van der Waals surface area contributed by atoms with Crippen LogP contribution in [0.3, 0.4) is 0 Å². The van der Waals surface area contributed by atoms with E-state index < -0.39 is 11.7 Å². The first-order chi connectivity index (χ1) is 13.9. The van der Waals surface area contributed by atoms with Gasteiger partial charge in [0.2, 0.25) is 5.91 Å². The van der Waals surface area contributed by atoms with Crippen molar-refractivity contribution in [3.05, 3.63) is 29.8 Å². The first-order valence-electron chi connectivity index (χ1n) is 10.5. The fourth-order valence-electron chi connectivity index (χ4n) is 4.36. The van der Waals surface area contributed by atoms with Crippen molar-refractivity contribution in [2.45, 2.75) is 31.5 Å². The van der Waals surface area contributed by atoms with Crippen molar-refractivity contribution in [2.24, 2.45) is 0 Å². The van der Waals surface area contributed by atoms with Gasteiger partial charge in [-0.25, -0.2) is 0 Å². The van der Waals surface area contributed by atoms with E-state index in [9.17, 15) is 18.0 Å². The molecule has 1 amide bonds. The summed E-state index contributed by atoms with van der Waals surface area (Å²) in [5, 5.41) is 0. The number of benzene rings is 1. The SMILES string of the molecule is O=C(CN1CCN(c2cc[c]c(C(F)(F)F)c2)CC1)N1CCN(C2CCC2)CC1. The van der Waals surface area contributed by atoms with E-state index in [0.29, 0.717) is 38.4 Å². The molecule has 0 bridgehead atoms. The molecule has 1 aromatic rings. The average molecular weight is 409 g/mol. The molecule has 2 saturated heterocycles. The van der Waals surface area contributed by atoms with Crippen molar-refractivity contribution >= 4 is 11.6 Å². The molecule has 0 atom stereocenters. The highest BCUT2D eigenvalue weighted by Gasteiger charge is 2.32. The molecule has 2 aliphatic heterocycles. The molecule has 1 saturated carbocycles. The second-order valence-corrected chi connectivity index (χ2v) is 8.22. The van der Waals surface area contributed by atoms with Crippen LogP contribution in [0.4, 0.5) is 18.9 Å². The predicted molar refractivity (Wildman–Crippen MR) is 105 cm³/mol. The minimum atomic E-state index is -4.38. The Balaban J connectivity index is 1.23. The third kappa shape index (κ3) is 4.86. The summed E-state index contributed by atoms with van der Waals surface area (Å²) >= 11 is 0. The fraction of sp³-hybridized carbons (Fsp3) is 0.667. The van der Waals surface area contributed by atoms with Crippen molar-refractivity contribution in [1.82, 2.24) is 14.7 Å². The predicted octanol–water partition coefficient (Wildman–Crippen LogP) is 2.32. The normalized spacial score (nSPS) is 22.6. The highest BCUT2D eigenvalue weighted by Crippen LogP contribution is 2.31. The second-order valence-electron chi connectivity index (χ2n) is 8.22. The van der Waals surface area contributed by atoms with Crippen molar-refractivity contribution in [1.29, 1.82) is 0 Å². The van der Waals surface area contributed by atoms with Gasteiger partial charge < -0.3 is 9.80 Å². The molecule has 4 rings (SSSR count). The summed E-state index contributed by atoms with van der Waals surface area (Å²) in [7, 11) is 0. The first-order valence-corrected chi connectivity index (χ1v) is 10.5. The van der Waals surface area contributed by atoms with E-state index in [-0.39, 0.29) is 5.91 Å². The molecule has 159 valence electrons. The number of carbonyl (C=O) groups is 1. The standard InChI is InChI=1S/C21H28F3N4O/c22-21(23,24)17-3-1-6-19(15-17)27-9-7-25(8-10-27)16-20(29)28-13-11-26(12-14-28)18-4-2-5-18/h1,6,15,18H,2,4-5,7-14,16H2. The number of hydrogen-bond acceptors (Lipinski definition) is 4. The Hall–Kier alpha value is -1.80. The van der Waals surface area contributed by atoms with Gasteiger partial charge in [-0.1, -0.05) is 12.5 Å². The van der Waals surface area contributed by atoms with Crippen molar-refractivity contribution in [2.75, 3.05) is 63.8 Å². The highest BCUT2D eigenvalue weighted by atomic mass is 19.4. The molecule has 29 heavy (non-hydrogen) atoms. The van der Waals surface area contributed by atoms with Crippen LogP contribution in [0.2, 0.25) is 0 Å². The molecule has 1 radical (unpaired) electrons. The number of halogens is 3. The van der Waals surface area contributed by atoms with Gasteiger partial charge in [-0.05, 0) is 31.0 Å². The van der Waals surface area contributed by atoms with Crippen LogP contribution in [0.1, 0.15) is 24.8 Å². The Labute approximate surface area is 170 Å². The number of alkyl halides is 3. The monoisotopic (exact) mass is 409 g/mol. The summed E-state index contributed by atoms with van der Waals surface area (Å²) in [6.07, 6.45) is -0.467. The van der Waals surface area contributed by atoms with Gasteiger partial charge in [-0.2, -0.15) is 13.2 Å². The highest BCUT2D eigenvalue weighted by molar-refractivity contribution is 5.78. The Morgan fingerprint density at radius 2 is 1.72 bits per heavy atom. The van der Waals surface area contributed by atoms with Crippen LogP contribution in [0, 0.1) is 6.07 Å². The van der Waals surface area contributed by atoms with Crippen LogP contribution in [0.25, 0.3) is 0 Å². The van der Waals surface area contributed by atoms with Gasteiger partial charge >= 0.3 is 6.18 Å². The Morgan fingerprint density at radius 1 is 1.03 bits per heavy atom. The summed E-state index contributed by atoms with van der Waals surface area (Å²) in [6.45, 7) is 6.52. The zero-order chi connectivity index (χ0) is 20.4. The molecule has 0 N–H and O–H groups in total. The van der Waals surface area contributed by atoms with Gasteiger partial charge in [0, 0.05) is 64.1 Å². The van der Waals surface area contributed by atoms with Crippen LogP contribution < -0.4 is 4.90 Å². The largest absolute Gasteiger partial charge is 0.417 e. The first kappa shape index (κ1) is 20.5. The minimum Gasteiger partial charge on any atom is -0.369 e. The van der Waals surface area contributed by atoms with Crippen LogP contribution in [0.15, 0.2) is 18.2 Å². The lowest BCUT2D eigenvalue weighted by molar-refractivity contribution is -0.138.